The molecule has 0 aliphatic heterocycles. The maximum absolute atomic E-state index is 13.3. The molecule has 1 heterocycles. The minimum atomic E-state index is -1.05. The summed E-state index contributed by atoms with van der Waals surface area (Å²) < 4.78 is 19.6. The van der Waals surface area contributed by atoms with E-state index in [2.05, 4.69) is 18.8 Å². The topological polar surface area (TPSA) is 81.2 Å². The third-order valence-electron chi connectivity index (χ3n) is 5.01. The molecule has 0 bridgehead atoms. The summed E-state index contributed by atoms with van der Waals surface area (Å²) in [6.07, 6.45) is 3.61. The first kappa shape index (κ1) is 24.2. The van der Waals surface area contributed by atoms with Gasteiger partial charge in [0.15, 0.2) is 4.77 Å². The Hall–Kier alpha value is -1.83. The molecule has 0 amide bonds. The van der Waals surface area contributed by atoms with Crippen LogP contribution < -0.4 is 5.56 Å². The van der Waals surface area contributed by atoms with Gasteiger partial charge < -0.3 is 4.74 Å². The van der Waals surface area contributed by atoms with Gasteiger partial charge in [0.1, 0.15) is 0 Å². The third-order valence-corrected chi connectivity index (χ3v) is 5.31. The highest BCUT2D eigenvalue weighted by Crippen LogP contribution is 2.35. The third kappa shape index (κ3) is 6.65. The lowest BCUT2D eigenvalue weighted by molar-refractivity contribution is -0.159. The number of H-pyrrole nitrogens is 1. The average molecular weight is 415 g/mol. The Kier molecular flexibility index (Phi) is 9.20. The second-order valence-electron chi connectivity index (χ2n) is 8.12. The average Bonchev–Trinajstić information content (AvgIpc) is 2.59. The highest BCUT2D eigenvalue weighted by molar-refractivity contribution is 7.71. The van der Waals surface area contributed by atoms with E-state index in [0.29, 0.717) is 31.8 Å². The van der Waals surface area contributed by atoms with Gasteiger partial charge >= 0.3 is 5.97 Å². The number of unbranched alkanes of at least 4 members (excludes halogenated alkanes) is 2. The summed E-state index contributed by atoms with van der Waals surface area (Å²) in [5.74, 6) is -1.04. The van der Waals surface area contributed by atoms with Crippen molar-refractivity contribution in [3.8, 4) is 0 Å². The van der Waals surface area contributed by atoms with Crippen molar-refractivity contribution in [2.75, 3.05) is 6.61 Å². The molecule has 0 saturated carbocycles. The van der Waals surface area contributed by atoms with Crippen molar-refractivity contribution >= 4 is 24.1 Å². The summed E-state index contributed by atoms with van der Waals surface area (Å²) in [5, 5.41) is 0. The van der Waals surface area contributed by atoms with Crippen LogP contribution in [0.1, 0.15) is 71.5 Å². The van der Waals surface area contributed by atoms with Crippen molar-refractivity contribution in [3.05, 3.63) is 27.1 Å². The predicted molar refractivity (Wildman–Crippen MR) is 108 cm³/mol. The van der Waals surface area contributed by atoms with E-state index in [4.69, 9.17) is 17.0 Å². The zero-order valence-electron chi connectivity index (χ0n) is 17.3. The van der Waals surface area contributed by atoms with E-state index >= 15 is 0 Å². The molecule has 0 spiro atoms. The van der Waals surface area contributed by atoms with Gasteiger partial charge in [-0.3, -0.25) is 23.9 Å². The van der Waals surface area contributed by atoms with Gasteiger partial charge in [0.05, 0.1) is 18.2 Å². The molecule has 0 saturated heterocycles. The molecule has 1 N–H and O–H groups in total. The van der Waals surface area contributed by atoms with E-state index in [-0.39, 0.29) is 29.0 Å². The van der Waals surface area contributed by atoms with Crippen LogP contribution in [0.2, 0.25) is 0 Å². The first-order valence-corrected chi connectivity index (χ1v) is 10.1. The lowest BCUT2D eigenvalue weighted by Gasteiger charge is -2.32. The Morgan fingerprint density at radius 3 is 2.46 bits per heavy atom. The minimum Gasteiger partial charge on any atom is -0.465 e. The van der Waals surface area contributed by atoms with Gasteiger partial charge in [-0.2, -0.15) is 4.39 Å². The number of nitrogens with zero attached hydrogens (tertiary/aromatic N) is 1. The Labute approximate surface area is 170 Å². The van der Waals surface area contributed by atoms with Crippen LogP contribution in [0.4, 0.5) is 4.39 Å². The van der Waals surface area contributed by atoms with Crippen LogP contribution in [-0.2, 0) is 9.53 Å². The number of ether oxygens (including phenoxy) is 1. The Bertz CT molecular complexity index is 800. The summed E-state index contributed by atoms with van der Waals surface area (Å²) in [7, 11) is 0. The number of hydrogen-bond acceptors (Lipinski definition) is 5. The monoisotopic (exact) mass is 414 g/mol. The van der Waals surface area contributed by atoms with Gasteiger partial charge in [0, 0.05) is 6.42 Å². The van der Waals surface area contributed by atoms with Crippen molar-refractivity contribution in [2.24, 2.45) is 17.3 Å². The molecule has 1 atom stereocenters. The van der Waals surface area contributed by atoms with Crippen LogP contribution in [0, 0.1) is 27.8 Å². The quantitative estimate of drug-likeness (QED) is 0.346. The largest absolute Gasteiger partial charge is 0.465 e. The predicted octanol–water partition coefficient (Wildman–Crippen LogP) is 4.50. The fourth-order valence-electron chi connectivity index (χ4n) is 3.04. The molecular weight excluding hydrogens is 383 g/mol. The number of aromatic amines is 1. The Morgan fingerprint density at radius 1 is 1.25 bits per heavy atom. The number of carbonyl (C=O) groups excluding carboxylic acids is 2. The van der Waals surface area contributed by atoms with E-state index in [9.17, 15) is 18.8 Å². The zero-order valence-corrected chi connectivity index (χ0v) is 18.2. The molecule has 0 aliphatic rings. The van der Waals surface area contributed by atoms with Crippen LogP contribution >= 0.6 is 12.2 Å². The number of nitrogens with one attached hydrogen (secondary N) is 1. The maximum Gasteiger partial charge on any atom is 0.312 e. The van der Waals surface area contributed by atoms with E-state index < -0.39 is 16.8 Å². The van der Waals surface area contributed by atoms with Crippen molar-refractivity contribution in [1.82, 2.24) is 9.55 Å². The standard InChI is InChI=1S/C20H31FN2O4S/c1-13(2)11-20(5,14(3)4)18(26)27-10-8-6-7-9-16(24)23-12-15(21)17(25)22-19(23)28/h12-14H,6-11H2,1-5H3,(H,22,25,28). The summed E-state index contributed by atoms with van der Waals surface area (Å²) >= 11 is 4.87. The zero-order chi connectivity index (χ0) is 21.5. The van der Waals surface area contributed by atoms with Crippen molar-refractivity contribution in [2.45, 2.75) is 66.7 Å². The number of hydrogen-bond donors (Lipinski definition) is 1. The molecule has 1 aromatic heterocycles. The summed E-state index contributed by atoms with van der Waals surface area (Å²) in [4.78, 5) is 37.8. The van der Waals surface area contributed by atoms with E-state index in [0.717, 1.165) is 17.2 Å². The molecule has 1 aromatic rings. The Balaban J connectivity index is 2.42. The molecule has 1 unspecified atom stereocenters. The lowest BCUT2D eigenvalue weighted by atomic mass is 9.73. The number of aromatic nitrogens is 2. The van der Waals surface area contributed by atoms with Gasteiger partial charge in [-0.15, -0.1) is 0 Å². The van der Waals surface area contributed by atoms with Crippen molar-refractivity contribution < 1.29 is 18.7 Å². The molecule has 0 fully saturated rings. The van der Waals surface area contributed by atoms with Crippen LogP contribution in [0.25, 0.3) is 0 Å². The molecule has 8 heteroatoms. The summed E-state index contributed by atoms with van der Waals surface area (Å²) in [6, 6.07) is 0. The maximum atomic E-state index is 13.3. The molecular formula is C20H31FN2O4S. The fourth-order valence-corrected chi connectivity index (χ4v) is 3.29. The second-order valence-corrected chi connectivity index (χ2v) is 8.50. The number of carbonyl (C=O) groups is 2. The molecule has 1 rings (SSSR count). The van der Waals surface area contributed by atoms with Gasteiger partial charge in [0.2, 0.25) is 11.7 Å². The first-order valence-electron chi connectivity index (χ1n) is 9.71. The van der Waals surface area contributed by atoms with E-state index in [1.165, 1.54) is 0 Å². The van der Waals surface area contributed by atoms with Gasteiger partial charge in [0.25, 0.3) is 5.56 Å². The minimum absolute atomic E-state index is 0.122. The first-order chi connectivity index (χ1) is 13.0. The molecule has 0 radical (unpaired) electrons. The fraction of sp³-hybridized carbons (Fsp3) is 0.700. The highest BCUT2D eigenvalue weighted by Gasteiger charge is 2.38. The normalized spacial score (nSPS) is 13.6. The van der Waals surface area contributed by atoms with E-state index in [1.807, 2.05) is 20.8 Å². The molecule has 28 heavy (non-hydrogen) atoms. The van der Waals surface area contributed by atoms with Crippen LogP contribution in [-0.4, -0.2) is 28.0 Å². The molecule has 0 aliphatic carbocycles. The smallest absolute Gasteiger partial charge is 0.312 e. The number of esters is 1. The van der Waals surface area contributed by atoms with E-state index in [1.54, 1.807) is 0 Å². The molecule has 6 nitrogen and oxygen atoms in total. The Morgan fingerprint density at radius 2 is 1.89 bits per heavy atom. The van der Waals surface area contributed by atoms with Crippen LogP contribution in [0.5, 0.6) is 0 Å². The van der Waals surface area contributed by atoms with Crippen LogP contribution in [0.15, 0.2) is 11.0 Å². The lowest BCUT2D eigenvalue weighted by Crippen LogP contribution is -2.36. The molecule has 158 valence electrons. The second kappa shape index (κ2) is 10.6. The van der Waals surface area contributed by atoms with Gasteiger partial charge in [-0.25, -0.2) is 0 Å². The summed E-state index contributed by atoms with van der Waals surface area (Å²) in [6.45, 7) is 10.5. The SMILES string of the molecule is CC(C)CC(C)(C(=O)OCCCCCC(=O)n1cc(F)c(=O)[nH]c1=S)C(C)C. The number of rotatable bonds is 10. The van der Waals surface area contributed by atoms with Crippen LogP contribution in [0.3, 0.4) is 0 Å². The van der Waals surface area contributed by atoms with Crippen molar-refractivity contribution in [3.63, 3.8) is 0 Å². The highest BCUT2D eigenvalue weighted by atomic mass is 32.1. The van der Waals surface area contributed by atoms with Gasteiger partial charge in [-0.05, 0) is 56.7 Å². The van der Waals surface area contributed by atoms with Crippen molar-refractivity contribution in [1.29, 1.82) is 0 Å². The van der Waals surface area contributed by atoms with Gasteiger partial charge in [-0.1, -0.05) is 27.7 Å². The summed E-state index contributed by atoms with van der Waals surface area (Å²) in [5.41, 5.74) is -1.45. The number of halogens is 1. The molecule has 0 aromatic carbocycles.